The maximum absolute atomic E-state index is 12.3. The molecule has 1 atom stereocenters. The molecule has 2 rings (SSSR count). The van der Waals surface area contributed by atoms with Crippen LogP contribution in [0.25, 0.3) is 0 Å². The first kappa shape index (κ1) is 19.5. The van der Waals surface area contributed by atoms with Crippen LogP contribution in [0.2, 0.25) is 0 Å². The zero-order chi connectivity index (χ0) is 19.1. The average Bonchev–Trinajstić information content (AvgIpc) is 2.62. The highest BCUT2D eigenvalue weighted by Crippen LogP contribution is 2.16. The molecule has 0 aliphatic heterocycles. The molecule has 0 heterocycles. The lowest BCUT2D eigenvalue weighted by atomic mass is 10.2. The maximum Gasteiger partial charge on any atom is 0.338 e. The lowest BCUT2D eigenvalue weighted by Crippen LogP contribution is -2.30. The van der Waals surface area contributed by atoms with E-state index in [4.69, 9.17) is 9.47 Å². The third-order valence-corrected chi connectivity index (χ3v) is 3.74. The van der Waals surface area contributed by atoms with Crippen molar-refractivity contribution in [1.29, 1.82) is 0 Å². The number of rotatable bonds is 7. The smallest absolute Gasteiger partial charge is 0.338 e. The minimum Gasteiger partial charge on any atom is -0.481 e. The largest absolute Gasteiger partial charge is 0.481 e. The van der Waals surface area contributed by atoms with Crippen molar-refractivity contribution in [3.05, 3.63) is 59.7 Å². The molecule has 1 N–H and O–H groups in total. The van der Waals surface area contributed by atoms with E-state index in [1.54, 1.807) is 45.0 Å². The van der Waals surface area contributed by atoms with Crippen LogP contribution in [0, 0.1) is 0 Å². The number of aryl methyl sites for hydroxylation is 1. The molecule has 0 aliphatic rings. The minimum atomic E-state index is -0.645. The Labute approximate surface area is 154 Å². The number of hydrogen-bond donors (Lipinski definition) is 1. The fourth-order valence-corrected chi connectivity index (χ4v) is 2.28. The van der Waals surface area contributed by atoms with Gasteiger partial charge in [0.25, 0.3) is 5.91 Å². The standard InChI is InChI=1S/C21H25NO4/c1-5-16-6-12-19(13-7-16)26-15(4)20(23)22-18-10-8-17(9-11-18)21(24)25-14(2)3/h6-15H,5H2,1-4H3,(H,22,23). The lowest BCUT2D eigenvalue weighted by Gasteiger charge is -2.15. The van der Waals surface area contributed by atoms with Gasteiger partial charge in [0.1, 0.15) is 5.75 Å². The van der Waals surface area contributed by atoms with Crippen LogP contribution in [0.4, 0.5) is 5.69 Å². The summed E-state index contributed by atoms with van der Waals surface area (Å²) < 4.78 is 10.8. The third kappa shape index (κ3) is 5.62. The van der Waals surface area contributed by atoms with Gasteiger partial charge in [-0.15, -0.1) is 0 Å². The van der Waals surface area contributed by atoms with E-state index in [1.165, 1.54) is 5.56 Å². The Bertz CT molecular complexity index is 736. The fraction of sp³-hybridized carbons (Fsp3) is 0.333. The van der Waals surface area contributed by atoms with E-state index in [9.17, 15) is 9.59 Å². The van der Waals surface area contributed by atoms with Crippen LogP contribution in [0.3, 0.4) is 0 Å². The van der Waals surface area contributed by atoms with Crippen LogP contribution in [-0.4, -0.2) is 24.1 Å². The normalized spacial score (nSPS) is 11.7. The van der Waals surface area contributed by atoms with Crippen molar-refractivity contribution in [3.63, 3.8) is 0 Å². The van der Waals surface area contributed by atoms with Crippen molar-refractivity contribution in [3.8, 4) is 5.75 Å². The van der Waals surface area contributed by atoms with Gasteiger partial charge in [-0.3, -0.25) is 4.79 Å². The summed E-state index contributed by atoms with van der Waals surface area (Å²) in [7, 11) is 0. The van der Waals surface area contributed by atoms with Gasteiger partial charge in [-0.2, -0.15) is 0 Å². The topological polar surface area (TPSA) is 64.6 Å². The summed E-state index contributed by atoms with van der Waals surface area (Å²) in [5.74, 6) is 0.00353. The molecular weight excluding hydrogens is 330 g/mol. The Morgan fingerprint density at radius 1 is 0.962 bits per heavy atom. The number of anilines is 1. The molecule has 5 heteroatoms. The second-order valence-electron chi connectivity index (χ2n) is 6.28. The predicted octanol–water partition coefficient (Wildman–Crippen LogP) is 4.22. The molecule has 0 bridgehead atoms. The van der Waals surface area contributed by atoms with Crippen LogP contribution in [0.5, 0.6) is 5.75 Å². The Hall–Kier alpha value is -2.82. The quantitative estimate of drug-likeness (QED) is 0.755. The van der Waals surface area contributed by atoms with Crippen molar-refractivity contribution >= 4 is 17.6 Å². The summed E-state index contributed by atoms with van der Waals surface area (Å²) >= 11 is 0. The molecule has 5 nitrogen and oxygen atoms in total. The zero-order valence-corrected chi connectivity index (χ0v) is 15.6. The zero-order valence-electron chi connectivity index (χ0n) is 15.6. The van der Waals surface area contributed by atoms with Gasteiger partial charge in [-0.1, -0.05) is 19.1 Å². The molecule has 0 saturated heterocycles. The van der Waals surface area contributed by atoms with E-state index in [2.05, 4.69) is 12.2 Å². The van der Waals surface area contributed by atoms with E-state index in [0.29, 0.717) is 17.0 Å². The van der Waals surface area contributed by atoms with Crippen molar-refractivity contribution < 1.29 is 19.1 Å². The Kier molecular flexibility index (Phi) is 6.78. The second kappa shape index (κ2) is 9.04. The molecule has 0 aromatic heterocycles. The Balaban J connectivity index is 1.92. The molecule has 26 heavy (non-hydrogen) atoms. The molecule has 0 aliphatic carbocycles. The number of hydrogen-bond acceptors (Lipinski definition) is 4. The highest BCUT2D eigenvalue weighted by Gasteiger charge is 2.15. The SMILES string of the molecule is CCc1ccc(OC(C)C(=O)Nc2ccc(C(=O)OC(C)C)cc2)cc1. The van der Waals surface area contributed by atoms with Crippen molar-refractivity contribution in [2.24, 2.45) is 0 Å². The van der Waals surface area contributed by atoms with E-state index >= 15 is 0 Å². The number of amides is 1. The van der Waals surface area contributed by atoms with Crippen LogP contribution < -0.4 is 10.1 Å². The monoisotopic (exact) mass is 355 g/mol. The summed E-state index contributed by atoms with van der Waals surface area (Å²) in [6, 6.07) is 14.2. The number of benzene rings is 2. The lowest BCUT2D eigenvalue weighted by molar-refractivity contribution is -0.122. The number of carbonyl (C=O) groups is 2. The maximum atomic E-state index is 12.3. The third-order valence-electron chi connectivity index (χ3n) is 3.74. The molecule has 0 spiro atoms. The van der Waals surface area contributed by atoms with E-state index in [1.807, 2.05) is 24.3 Å². The first-order valence-electron chi connectivity index (χ1n) is 8.76. The highest BCUT2D eigenvalue weighted by molar-refractivity contribution is 5.95. The second-order valence-corrected chi connectivity index (χ2v) is 6.28. The average molecular weight is 355 g/mol. The fourth-order valence-electron chi connectivity index (χ4n) is 2.28. The van der Waals surface area contributed by atoms with Gasteiger partial charge < -0.3 is 14.8 Å². The van der Waals surface area contributed by atoms with Gasteiger partial charge in [-0.05, 0) is 69.2 Å². The van der Waals surface area contributed by atoms with Gasteiger partial charge >= 0.3 is 5.97 Å². The molecular formula is C21H25NO4. The van der Waals surface area contributed by atoms with Crippen LogP contribution in [-0.2, 0) is 16.0 Å². The number of ether oxygens (including phenoxy) is 2. The Morgan fingerprint density at radius 3 is 2.12 bits per heavy atom. The number of carbonyl (C=O) groups excluding carboxylic acids is 2. The van der Waals surface area contributed by atoms with Crippen molar-refractivity contribution in [2.45, 2.75) is 46.3 Å². The summed E-state index contributed by atoms with van der Waals surface area (Å²) in [4.78, 5) is 24.1. The summed E-state index contributed by atoms with van der Waals surface area (Å²) in [5, 5.41) is 2.78. The highest BCUT2D eigenvalue weighted by atomic mass is 16.5. The Morgan fingerprint density at radius 2 is 1.58 bits per heavy atom. The summed E-state index contributed by atoms with van der Waals surface area (Å²) in [5.41, 5.74) is 2.25. The molecule has 2 aromatic rings. The minimum absolute atomic E-state index is 0.175. The number of esters is 1. The van der Waals surface area contributed by atoms with Crippen LogP contribution in [0.15, 0.2) is 48.5 Å². The summed E-state index contributed by atoms with van der Waals surface area (Å²) in [6.07, 6.45) is 0.135. The first-order chi connectivity index (χ1) is 12.4. The van der Waals surface area contributed by atoms with Crippen LogP contribution in [0.1, 0.15) is 43.6 Å². The van der Waals surface area contributed by atoms with E-state index in [0.717, 1.165) is 6.42 Å². The molecule has 0 fully saturated rings. The van der Waals surface area contributed by atoms with Crippen LogP contribution >= 0.6 is 0 Å². The van der Waals surface area contributed by atoms with E-state index in [-0.39, 0.29) is 18.0 Å². The molecule has 0 radical (unpaired) electrons. The molecule has 1 unspecified atom stereocenters. The van der Waals surface area contributed by atoms with Crippen molar-refractivity contribution in [2.75, 3.05) is 5.32 Å². The molecule has 2 aromatic carbocycles. The van der Waals surface area contributed by atoms with Gasteiger partial charge in [-0.25, -0.2) is 4.79 Å². The van der Waals surface area contributed by atoms with Gasteiger partial charge in [0.05, 0.1) is 11.7 Å². The number of nitrogens with one attached hydrogen (secondary N) is 1. The van der Waals surface area contributed by atoms with E-state index < -0.39 is 6.10 Å². The first-order valence-corrected chi connectivity index (χ1v) is 8.76. The van der Waals surface area contributed by atoms with Crippen molar-refractivity contribution in [1.82, 2.24) is 0 Å². The van der Waals surface area contributed by atoms with Gasteiger partial charge in [0, 0.05) is 5.69 Å². The van der Waals surface area contributed by atoms with Gasteiger partial charge in [0.2, 0.25) is 0 Å². The molecule has 0 saturated carbocycles. The molecule has 1 amide bonds. The van der Waals surface area contributed by atoms with Gasteiger partial charge in [0.15, 0.2) is 6.10 Å². The summed E-state index contributed by atoms with van der Waals surface area (Å²) in [6.45, 7) is 7.37. The predicted molar refractivity (Wildman–Crippen MR) is 102 cm³/mol. The molecule has 138 valence electrons.